The zero-order valence-corrected chi connectivity index (χ0v) is 8.27. The Morgan fingerprint density at radius 2 is 2.08 bits per heavy atom. The molecule has 1 aliphatic rings. The van der Waals surface area contributed by atoms with Crippen LogP contribution in [0.4, 0.5) is 4.39 Å². The standard InChI is InChI=1S/C10H10BrF/c11-9-4-8(3-7-1-2-7)5-10(12)6-9/h4-7H,1-3H2. The van der Waals surface area contributed by atoms with Gasteiger partial charge in [0.15, 0.2) is 0 Å². The van der Waals surface area contributed by atoms with Gasteiger partial charge in [-0.25, -0.2) is 4.39 Å². The Bertz CT molecular complexity index is 272. The van der Waals surface area contributed by atoms with Gasteiger partial charge in [-0.1, -0.05) is 15.9 Å². The van der Waals surface area contributed by atoms with Crippen LogP contribution in [0, 0.1) is 11.7 Å². The SMILES string of the molecule is Fc1cc(Br)cc(CC2CC2)c1. The quantitative estimate of drug-likeness (QED) is 0.727. The molecule has 0 unspecified atom stereocenters. The van der Waals surface area contributed by atoms with E-state index in [2.05, 4.69) is 15.9 Å². The molecule has 12 heavy (non-hydrogen) atoms. The molecular weight excluding hydrogens is 219 g/mol. The van der Waals surface area contributed by atoms with Crippen LogP contribution < -0.4 is 0 Å². The summed E-state index contributed by atoms with van der Waals surface area (Å²) < 4.78 is 13.7. The van der Waals surface area contributed by atoms with Crippen LogP contribution in [0.5, 0.6) is 0 Å². The molecule has 0 aliphatic heterocycles. The Balaban J connectivity index is 2.18. The molecule has 0 nitrogen and oxygen atoms in total. The second-order valence-corrected chi connectivity index (χ2v) is 4.34. The van der Waals surface area contributed by atoms with Crippen molar-refractivity contribution in [3.05, 3.63) is 34.1 Å². The molecule has 1 aromatic carbocycles. The summed E-state index contributed by atoms with van der Waals surface area (Å²) in [4.78, 5) is 0. The Hall–Kier alpha value is -0.370. The molecule has 0 N–H and O–H groups in total. The maximum absolute atomic E-state index is 12.9. The Labute approximate surface area is 79.9 Å². The zero-order valence-electron chi connectivity index (χ0n) is 6.69. The second kappa shape index (κ2) is 3.17. The minimum absolute atomic E-state index is 0.139. The van der Waals surface area contributed by atoms with Gasteiger partial charge < -0.3 is 0 Å². The molecule has 0 bridgehead atoms. The van der Waals surface area contributed by atoms with Gasteiger partial charge in [0.05, 0.1) is 0 Å². The molecule has 1 fully saturated rings. The van der Waals surface area contributed by atoms with Crippen LogP contribution in [-0.2, 0) is 6.42 Å². The second-order valence-electron chi connectivity index (χ2n) is 3.43. The van der Waals surface area contributed by atoms with Crippen LogP contribution in [0.15, 0.2) is 22.7 Å². The predicted molar refractivity (Wildman–Crippen MR) is 50.5 cm³/mol. The van der Waals surface area contributed by atoms with E-state index in [1.807, 2.05) is 6.07 Å². The van der Waals surface area contributed by atoms with Crippen molar-refractivity contribution < 1.29 is 4.39 Å². The minimum atomic E-state index is -0.139. The first-order valence-electron chi connectivity index (χ1n) is 4.19. The molecule has 1 aromatic rings. The van der Waals surface area contributed by atoms with E-state index in [0.29, 0.717) is 0 Å². The maximum atomic E-state index is 12.9. The van der Waals surface area contributed by atoms with Crippen molar-refractivity contribution in [2.75, 3.05) is 0 Å². The first kappa shape index (κ1) is 8.24. The highest BCUT2D eigenvalue weighted by atomic mass is 79.9. The monoisotopic (exact) mass is 228 g/mol. The van der Waals surface area contributed by atoms with Crippen LogP contribution in [0.3, 0.4) is 0 Å². The summed E-state index contributed by atoms with van der Waals surface area (Å²) in [6, 6.07) is 5.13. The van der Waals surface area contributed by atoms with E-state index in [4.69, 9.17) is 0 Å². The molecule has 1 saturated carbocycles. The fourth-order valence-electron chi connectivity index (χ4n) is 1.38. The summed E-state index contributed by atoms with van der Waals surface area (Å²) in [5.41, 5.74) is 1.12. The Kier molecular flexibility index (Phi) is 2.18. The maximum Gasteiger partial charge on any atom is 0.124 e. The molecule has 2 rings (SSSR count). The molecule has 2 heteroatoms. The van der Waals surface area contributed by atoms with E-state index in [-0.39, 0.29) is 5.82 Å². The summed E-state index contributed by atoms with van der Waals surface area (Å²) in [6.45, 7) is 0. The lowest BCUT2D eigenvalue weighted by molar-refractivity contribution is 0.623. The highest BCUT2D eigenvalue weighted by molar-refractivity contribution is 9.10. The van der Waals surface area contributed by atoms with Crippen LogP contribution >= 0.6 is 15.9 Å². The van der Waals surface area contributed by atoms with Crippen LogP contribution in [0.1, 0.15) is 18.4 Å². The lowest BCUT2D eigenvalue weighted by Crippen LogP contribution is -1.88. The third-order valence-corrected chi connectivity index (χ3v) is 2.60. The minimum Gasteiger partial charge on any atom is -0.207 e. The van der Waals surface area contributed by atoms with E-state index < -0.39 is 0 Å². The number of benzene rings is 1. The molecule has 64 valence electrons. The summed E-state index contributed by atoms with van der Waals surface area (Å²) in [5.74, 6) is 0.679. The van der Waals surface area contributed by atoms with Crippen LogP contribution in [0.25, 0.3) is 0 Å². The van der Waals surface area contributed by atoms with Gasteiger partial charge in [-0.3, -0.25) is 0 Å². The third-order valence-electron chi connectivity index (χ3n) is 2.14. The molecule has 0 aromatic heterocycles. The summed E-state index contributed by atoms with van der Waals surface area (Å²) in [5, 5.41) is 0. The number of halogens is 2. The van der Waals surface area contributed by atoms with E-state index >= 15 is 0 Å². The van der Waals surface area contributed by atoms with Gasteiger partial charge in [0, 0.05) is 4.47 Å². The van der Waals surface area contributed by atoms with Crippen molar-refractivity contribution in [2.24, 2.45) is 5.92 Å². The smallest absolute Gasteiger partial charge is 0.124 e. The molecule has 0 amide bonds. The van der Waals surface area contributed by atoms with Gasteiger partial charge in [0.1, 0.15) is 5.82 Å². The molecular formula is C10H10BrF. The Morgan fingerprint density at radius 1 is 1.33 bits per heavy atom. The van der Waals surface area contributed by atoms with E-state index in [0.717, 1.165) is 22.4 Å². The molecule has 1 aliphatic carbocycles. The molecule has 0 heterocycles. The van der Waals surface area contributed by atoms with Crippen molar-refractivity contribution >= 4 is 15.9 Å². The predicted octanol–water partition coefficient (Wildman–Crippen LogP) is 3.54. The number of rotatable bonds is 2. The largest absolute Gasteiger partial charge is 0.207 e. The summed E-state index contributed by atoms with van der Waals surface area (Å²) in [7, 11) is 0. The first-order chi connectivity index (χ1) is 5.74. The Morgan fingerprint density at radius 3 is 2.67 bits per heavy atom. The van der Waals surface area contributed by atoms with Crippen molar-refractivity contribution in [2.45, 2.75) is 19.3 Å². The van der Waals surface area contributed by atoms with Gasteiger partial charge in [-0.05, 0) is 48.9 Å². The van der Waals surface area contributed by atoms with Crippen molar-refractivity contribution in [1.82, 2.24) is 0 Å². The van der Waals surface area contributed by atoms with Gasteiger partial charge in [-0.2, -0.15) is 0 Å². The van der Waals surface area contributed by atoms with Crippen molar-refractivity contribution in [1.29, 1.82) is 0 Å². The van der Waals surface area contributed by atoms with Gasteiger partial charge in [-0.15, -0.1) is 0 Å². The van der Waals surface area contributed by atoms with Crippen LogP contribution in [0.2, 0.25) is 0 Å². The average Bonchev–Trinajstić information content (AvgIpc) is 2.68. The lowest BCUT2D eigenvalue weighted by Gasteiger charge is -2.00. The zero-order chi connectivity index (χ0) is 8.55. The van der Waals surface area contributed by atoms with E-state index in [1.54, 1.807) is 6.07 Å². The van der Waals surface area contributed by atoms with Gasteiger partial charge in [0.25, 0.3) is 0 Å². The molecule has 0 spiro atoms. The topological polar surface area (TPSA) is 0 Å². The normalized spacial score (nSPS) is 16.5. The number of hydrogen-bond acceptors (Lipinski definition) is 0. The highest BCUT2D eigenvalue weighted by Gasteiger charge is 2.21. The fraction of sp³-hybridized carbons (Fsp3) is 0.400. The van der Waals surface area contributed by atoms with Gasteiger partial charge >= 0.3 is 0 Å². The molecule has 0 radical (unpaired) electrons. The first-order valence-corrected chi connectivity index (χ1v) is 4.98. The fourth-order valence-corrected chi connectivity index (χ4v) is 1.90. The van der Waals surface area contributed by atoms with Crippen molar-refractivity contribution in [3.8, 4) is 0 Å². The number of hydrogen-bond donors (Lipinski definition) is 0. The lowest BCUT2D eigenvalue weighted by atomic mass is 10.1. The summed E-state index contributed by atoms with van der Waals surface area (Å²) >= 11 is 3.28. The molecule has 0 atom stereocenters. The summed E-state index contributed by atoms with van der Waals surface area (Å²) in [6.07, 6.45) is 3.67. The third kappa shape index (κ3) is 2.07. The van der Waals surface area contributed by atoms with E-state index in [1.165, 1.54) is 18.9 Å². The van der Waals surface area contributed by atoms with Crippen LogP contribution in [-0.4, -0.2) is 0 Å². The average molecular weight is 229 g/mol. The van der Waals surface area contributed by atoms with Crippen molar-refractivity contribution in [3.63, 3.8) is 0 Å². The highest BCUT2D eigenvalue weighted by Crippen LogP contribution is 2.33. The molecule has 0 saturated heterocycles. The van der Waals surface area contributed by atoms with E-state index in [9.17, 15) is 4.39 Å². The van der Waals surface area contributed by atoms with Gasteiger partial charge in [0.2, 0.25) is 0 Å².